The Kier molecular flexibility index (Phi) is 7.91. The quantitative estimate of drug-likeness (QED) is 0.128. The van der Waals surface area contributed by atoms with Gasteiger partial charge in [0.2, 0.25) is 5.91 Å². The van der Waals surface area contributed by atoms with Gasteiger partial charge in [0.05, 0.1) is 19.3 Å². The van der Waals surface area contributed by atoms with Gasteiger partial charge in [-0.3, -0.25) is 4.79 Å². The van der Waals surface area contributed by atoms with Gasteiger partial charge in [-0.15, -0.1) is 0 Å². The third kappa shape index (κ3) is 4.69. The van der Waals surface area contributed by atoms with Gasteiger partial charge in [0.15, 0.2) is 12.5 Å². The monoisotopic (exact) mass is 408 g/mol. The first kappa shape index (κ1) is 22.7. The molecule has 0 aromatic carbocycles. The van der Waals surface area contributed by atoms with Gasteiger partial charge in [-0.1, -0.05) is 5.11 Å². The van der Waals surface area contributed by atoms with E-state index >= 15 is 0 Å². The van der Waals surface area contributed by atoms with E-state index in [4.69, 9.17) is 19.7 Å². The second-order valence-electron chi connectivity index (χ2n) is 6.47. The van der Waals surface area contributed by atoms with Gasteiger partial charge in [0.25, 0.3) is 0 Å². The molecule has 14 nitrogen and oxygen atoms in total. The van der Waals surface area contributed by atoms with Crippen molar-refractivity contribution in [2.75, 3.05) is 13.2 Å². The van der Waals surface area contributed by atoms with Crippen molar-refractivity contribution in [3.63, 3.8) is 0 Å². The van der Waals surface area contributed by atoms with E-state index in [9.17, 15) is 35.4 Å². The Hall–Kier alpha value is -1.58. The van der Waals surface area contributed by atoms with Crippen LogP contribution >= 0.6 is 0 Å². The summed E-state index contributed by atoms with van der Waals surface area (Å²) < 4.78 is 16.1. The van der Waals surface area contributed by atoms with Crippen LogP contribution in [0.2, 0.25) is 0 Å². The molecule has 2 aliphatic rings. The van der Waals surface area contributed by atoms with E-state index in [1.807, 2.05) is 0 Å². The number of carbonyl (C=O) groups is 1. The summed E-state index contributed by atoms with van der Waals surface area (Å²) in [6.45, 7) is -0.223. The molecule has 2 rings (SSSR count). The molecular formula is C14H24N4O10. The lowest BCUT2D eigenvalue weighted by atomic mass is 9.95. The van der Waals surface area contributed by atoms with Crippen LogP contribution in [0.15, 0.2) is 5.11 Å². The van der Waals surface area contributed by atoms with Crippen molar-refractivity contribution in [3.8, 4) is 0 Å². The fourth-order valence-electron chi connectivity index (χ4n) is 3.12. The van der Waals surface area contributed by atoms with Gasteiger partial charge in [-0.2, -0.15) is 0 Å². The summed E-state index contributed by atoms with van der Waals surface area (Å²) in [5.41, 5.74) is 8.72. The van der Waals surface area contributed by atoms with E-state index < -0.39 is 80.4 Å². The van der Waals surface area contributed by atoms with E-state index in [1.54, 1.807) is 0 Å². The third-order valence-corrected chi connectivity index (χ3v) is 4.55. The van der Waals surface area contributed by atoms with E-state index in [1.165, 1.54) is 0 Å². The zero-order valence-electron chi connectivity index (χ0n) is 14.8. The molecule has 0 aliphatic carbocycles. The number of nitrogens with zero attached hydrogens (tertiary/aromatic N) is 3. The minimum absolute atomic E-state index is 0.580. The van der Waals surface area contributed by atoms with Gasteiger partial charge in [0, 0.05) is 11.8 Å². The Morgan fingerprint density at radius 3 is 2.21 bits per heavy atom. The van der Waals surface area contributed by atoms with Gasteiger partial charge in [-0.25, -0.2) is 0 Å². The maximum Gasteiger partial charge on any atom is 0.217 e. The van der Waals surface area contributed by atoms with Crippen LogP contribution in [0.1, 0.15) is 6.92 Å². The van der Waals surface area contributed by atoms with Crippen LogP contribution in [0.5, 0.6) is 0 Å². The normalized spacial score (nSPS) is 43.8. The topological polar surface area (TPSA) is 227 Å². The Morgan fingerprint density at radius 2 is 1.68 bits per heavy atom. The summed E-state index contributed by atoms with van der Waals surface area (Å²) in [5.74, 6) is -0.580. The van der Waals surface area contributed by atoms with Crippen LogP contribution in [0.4, 0.5) is 0 Å². The van der Waals surface area contributed by atoms with Crippen LogP contribution in [0, 0.1) is 0 Å². The number of hydrogen-bond donors (Lipinski definition) is 7. The van der Waals surface area contributed by atoms with Crippen molar-refractivity contribution in [1.82, 2.24) is 5.32 Å². The molecule has 2 heterocycles. The first-order valence-electron chi connectivity index (χ1n) is 8.46. The van der Waals surface area contributed by atoms with Crippen molar-refractivity contribution in [2.45, 2.75) is 68.2 Å². The predicted octanol–water partition coefficient (Wildman–Crippen LogP) is -3.94. The molecule has 0 aromatic rings. The second kappa shape index (κ2) is 9.76. The fourth-order valence-corrected chi connectivity index (χ4v) is 3.12. The van der Waals surface area contributed by atoms with E-state index in [-0.39, 0.29) is 0 Å². The minimum atomic E-state index is -1.77. The minimum Gasteiger partial charge on any atom is -0.394 e. The van der Waals surface area contributed by atoms with Gasteiger partial charge in [0.1, 0.15) is 42.7 Å². The summed E-state index contributed by atoms with van der Waals surface area (Å²) in [6.07, 6.45) is -13.6. The highest BCUT2D eigenvalue weighted by molar-refractivity contribution is 5.73. The highest BCUT2D eigenvalue weighted by atomic mass is 16.7. The lowest BCUT2D eigenvalue weighted by molar-refractivity contribution is -0.331. The number of aliphatic hydroxyl groups is 6. The van der Waals surface area contributed by atoms with Crippen LogP contribution in [0.25, 0.3) is 10.4 Å². The molecule has 160 valence electrons. The average Bonchev–Trinajstić information content (AvgIpc) is 2.66. The third-order valence-electron chi connectivity index (χ3n) is 4.55. The number of nitrogens with one attached hydrogen (secondary N) is 1. The second-order valence-corrected chi connectivity index (χ2v) is 6.47. The van der Waals surface area contributed by atoms with E-state index in [2.05, 4.69) is 15.3 Å². The largest absolute Gasteiger partial charge is 0.394 e. The summed E-state index contributed by atoms with van der Waals surface area (Å²) in [7, 11) is 0. The molecule has 10 atom stereocenters. The molecule has 0 radical (unpaired) electrons. The zero-order chi connectivity index (χ0) is 21.0. The van der Waals surface area contributed by atoms with E-state index in [0.29, 0.717) is 0 Å². The molecule has 0 spiro atoms. The lowest BCUT2D eigenvalue weighted by Crippen LogP contribution is -2.67. The summed E-state index contributed by atoms with van der Waals surface area (Å²) >= 11 is 0. The van der Waals surface area contributed by atoms with Crippen molar-refractivity contribution in [1.29, 1.82) is 0 Å². The molecule has 2 aliphatic heterocycles. The Labute approximate surface area is 158 Å². The van der Waals surface area contributed by atoms with Gasteiger partial charge >= 0.3 is 0 Å². The number of ether oxygens (including phenoxy) is 3. The number of azide groups is 1. The van der Waals surface area contributed by atoms with Gasteiger partial charge in [-0.05, 0) is 5.53 Å². The molecule has 2 fully saturated rings. The van der Waals surface area contributed by atoms with Crippen LogP contribution < -0.4 is 5.32 Å². The Bertz CT molecular complexity index is 588. The van der Waals surface area contributed by atoms with Crippen LogP contribution in [0.3, 0.4) is 0 Å². The van der Waals surface area contributed by atoms with Crippen molar-refractivity contribution < 1.29 is 49.6 Å². The van der Waals surface area contributed by atoms with Crippen LogP contribution in [-0.2, 0) is 19.0 Å². The van der Waals surface area contributed by atoms with E-state index in [0.717, 1.165) is 6.92 Å². The summed E-state index contributed by atoms with van der Waals surface area (Å²) in [6, 6.07) is -1.24. The fraction of sp³-hybridized carbons (Fsp3) is 0.929. The first-order valence-corrected chi connectivity index (χ1v) is 8.46. The SMILES string of the molecule is CC(=O)N[C@@H]1C(N=[N+]=[N-])OC(CO)[C@@H](O)C1O[C@@H]1OC(CO)[C@H](O)C(O)[C@@H]1O. The molecule has 0 bridgehead atoms. The molecule has 0 aromatic heterocycles. The molecular weight excluding hydrogens is 384 g/mol. The maximum atomic E-state index is 11.5. The molecule has 28 heavy (non-hydrogen) atoms. The van der Waals surface area contributed by atoms with Crippen LogP contribution in [-0.4, -0.2) is 111 Å². The summed E-state index contributed by atoms with van der Waals surface area (Å²) in [4.78, 5) is 14.1. The number of carbonyl (C=O) groups excluding carboxylic acids is 1. The Morgan fingerprint density at radius 1 is 1.07 bits per heavy atom. The molecule has 5 unspecified atom stereocenters. The molecule has 0 saturated carbocycles. The number of aliphatic hydroxyl groups excluding tert-OH is 6. The first-order chi connectivity index (χ1) is 13.2. The van der Waals surface area contributed by atoms with Crippen molar-refractivity contribution in [3.05, 3.63) is 10.4 Å². The smallest absolute Gasteiger partial charge is 0.217 e. The maximum absolute atomic E-state index is 11.5. The standard InChI is InChI=1S/C14H24N4O10/c1-4(21)16-7-12(9(23)6(3-20)26-13(7)17-18-15)28-14-11(25)10(24)8(22)5(2-19)27-14/h5-14,19-20,22-25H,2-3H2,1H3,(H,16,21)/t5?,6?,7-,8-,9+,10?,11-,12?,13?,14-/m0/s1. The zero-order valence-corrected chi connectivity index (χ0v) is 14.8. The molecule has 14 heteroatoms. The number of rotatable bonds is 6. The molecule has 7 N–H and O–H groups in total. The average molecular weight is 408 g/mol. The number of amides is 1. The highest BCUT2D eigenvalue weighted by Crippen LogP contribution is 2.29. The van der Waals surface area contributed by atoms with Crippen molar-refractivity contribution >= 4 is 5.91 Å². The molecule has 1 amide bonds. The van der Waals surface area contributed by atoms with Crippen molar-refractivity contribution in [2.24, 2.45) is 5.11 Å². The predicted molar refractivity (Wildman–Crippen MR) is 87.1 cm³/mol. The summed E-state index contributed by atoms with van der Waals surface area (Å²) in [5, 5.41) is 64.7. The van der Waals surface area contributed by atoms with Gasteiger partial charge < -0.3 is 50.2 Å². The number of hydrogen-bond acceptors (Lipinski definition) is 11. The Balaban J connectivity index is 2.30. The highest BCUT2D eigenvalue weighted by Gasteiger charge is 2.51. The molecule has 2 saturated heterocycles. The lowest BCUT2D eigenvalue weighted by Gasteiger charge is -2.46.